The normalized spacial score (nSPS) is 59.2. The van der Waals surface area contributed by atoms with Gasteiger partial charge in [-0.15, -0.1) is 0 Å². The van der Waals surface area contributed by atoms with E-state index >= 15 is 0 Å². The van der Waals surface area contributed by atoms with Crippen molar-refractivity contribution in [3.63, 3.8) is 0 Å². The van der Waals surface area contributed by atoms with Gasteiger partial charge in [-0.25, -0.2) is 0 Å². The fraction of sp³-hybridized carbons (Fsp3) is 0.955. The van der Waals surface area contributed by atoms with Crippen LogP contribution in [-0.2, 0) is 9.53 Å². The predicted molar refractivity (Wildman–Crippen MR) is 95.7 cm³/mol. The van der Waals surface area contributed by atoms with Crippen molar-refractivity contribution in [3.8, 4) is 0 Å². The molecule has 0 aromatic rings. The maximum atomic E-state index is 11.6. The number of rotatable bonds is 1. The van der Waals surface area contributed by atoms with Gasteiger partial charge in [0.05, 0.1) is 6.10 Å². The van der Waals surface area contributed by atoms with E-state index in [1.807, 2.05) is 0 Å². The molecule has 10 atom stereocenters. The van der Waals surface area contributed by atoms with Crippen LogP contribution in [0, 0.1) is 46.3 Å². The van der Waals surface area contributed by atoms with E-state index < -0.39 is 0 Å². The lowest BCUT2D eigenvalue weighted by Gasteiger charge is -2.61. The zero-order valence-electron chi connectivity index (χ0n) is 16.0. The first-order valence-corrected chi connectivity index (χ1v) is 10.7. The summed E-state index contributed by atoms with van der Waals surface area (Å²) in [5, 5.41) is 11.2. The summed E-state index contributed by atoms with van der Waals surface area (Å²) in [4.78, 5) is 11.6. The third kappa shape index (κ3) is 2.11. The Kier molecular flexibility index (Phi) is 3.48. The Hall–Kier alpha value is -0.570. The van der Waals surface area contributed by atoms with Gasteiger partial charge in [0.1, 0.15) is 6.10 Å². The molecule has 3 nitrogen and oxygen atoms in total. The van der Waals surface area contributed by atoms with E-state index in [1.165, 1.54) is 44.9 Å². The zero-order valence-corrected chi connectivity index (χ0v) is 16.0. The molecule has 0 unspecified atom stereocenters. The summed E-state index contributed by atoms with van der Waals surface area (Å²) in [5.41, 5.74) is 0.305. The van der Waals surface area contributed by atoms with Crippen molar-refractivity contribution in [1.82, 2.24) is 0 Å². The molecule has 0 saturated heterocycles. The number of hydrogen-bond donors (Lipinski definition) is 1. The highest BCUT2D eigenvalue weighted by molar-refractivity contribution is 5.66. The van der Waals surface area contributed by atoms with Gasteiger partial charge in [0.25, 0.3) is 0 Å². The molecule has 0 spiro atoms. The summed E-state index contributed by atoms with van der Waals surface area (Å²) in [5.74, 6) is 4.14. The first-order valence-electron chi connectivity index (χ1n) is 10.7. The standard InChI is InChI=1S/C22H34O3/c1-12(23)25-19-7-6-17-15-5-4-14-10-13-11-16(13)20(24)22(14,3)18(15)8-9-21(17,19)2/h13-20,24H,4-11H2,1-3H3/t13-,14+,15-,16+,17+,18-,19-,20+,21+,22+/m1/s1. The predicted octanol–water partition coefficient (Wildman–Crippen LogP) is 4.18. The number of esters is 1. The molecule has 0 heterocycles. The molecular weight excluding hydrogens is 312 g/mol. The van der Waals surface area contributed by atoms with Crippen LogP contribution in [0.4, 0.5) is 0 Å². The van der Waals surface area contributed by atoms with E-state index in [0.29, 0.717) is 17.8 Å². The average Bonchev–Trinajstić information content (AvgIpc) is 3.26. The first-order chi connectivity index (χ1) is 11.9. The molecule has 140 valence electrons. The second-order valence-electron chi connectivity index (χ2n) is 10.6. The summed E-state index contributed by atoms with van der Waals surface area (Å²) in [6.45, 7) is 6.38. The van der Waals surface area contributed by atoms with E-state index in [4.69, 9.17) is 4.74 Å². The van der Waals surface area contributed by atoms with Gasteiger partial charge in [0.2, 0.25) is 0 Å². The molecule has 0 aromatic heterocycles. The SMILES string of the molecule is CC(=O)O[C@@H]1CC[C@H]2[C@H]3CC[C@H]4C[C@@H]5C[C@@H]5[C@H](O)[C@]4(C)[C@@H]3CC[C@]12C. The number of fused-ring (bicyclic) bond motifs is 6. The van der Waals surface area contributed by atoms with Crippen LogP contribution in [-0.4, -0.2) is 23.3 Å². The van der Waals surface area contributed by atoms with Crippen molar-refractivity contribution in [2.75, 3.05) is 0 Å². The van der Waals surface area contributed by atoms with Crippen LogP contribution in [0.3, 0.4) is 0 Å². The monoisotopic (exact) mass is 346 g/mol. The van der Waals surface area contributed by atoms with E-state index in [0.717, 1.165) is 24.2 Å². The molecule has 0 bridgehead atoms. The maximum absolute atomic E-state index is 11.6. The maximum Gasteiger partial charge on any atom is 0.302 e. The minimum absolute atomic E-state index is 0.0703. The minimum atomic E-state index is -0.118. The Bertz CT molecular complexity index is 588. The first kappa shape index (κ1) is 16.6. The molecule has 5 aliphatic carbocycles. The third-order valence-corrected chi connectivity index (χ3v) is 9.79. The lowest BCUT2D eigenvalue weighted by atomic mass is 9.44. The van der Waals surface area contributed by atoms with E-state index in [-0.39, 0.29) is 29.0 Å². The Labute approximate surface area is 151 Å². The molecule has 0 amide bonds. The molecule has 5 fully saturated rings. The third-order valence-electron chi connectivity index (χ3n) is 9.79. The lowest BCUT2D eigenvalue weighted by Crippen LogP contribution is -2.58. The second kappa shape index (κ2) is 5.24. The van der Waals surface area contributed by atoms with Crippen molar-refractivity contribution in [3.05, 3.63) is 0 Å². The molecule has 0 aliphatic heterocycles. The molecule has 0 aromatic carbocycles. The van der Waals surface area contributed by atoms with Crippen LogP contribution in [0.15, 0.2) is 0 Å². The van der Waals surface area contributed by atoms with Crippen LogP contribution in [0.2, 0.25) is 0 Å². The van der Waals surface area contributed by atoms with E-state index in [2.05, 4.69) is 13.8 Å². The number of aliphatic hydroxyl groups excluding tert-OH is 1. The minimum Gasteiger partial charge on any atom is -0.462 e. The Morgan fingerprint density at radius 1 is 1.00 bits per heavy atom. The molecule has 5 rings (SSSR count). The molecule has 5 aliphatic rings. The van der Waals surface area contributed by atoms with Crippen LogP contribution in [0.1, 0.15) is 72.1 Å². The fourth-order valence-electron chi connectivity index (χ4n) is 8.40. The van der Waals surface area contributed by atoms with Crippen molar-refractivity contribution < 1.29 is 14.6 Å². The summed E-state index contributed by atoms with van der Waals surface area (Å²) in [6, 6.07) is 0. The largest absolute Gasteiger partial charge is 0.462 e. The zero-order chi connectivity index (χ0) is 17.6. The van der Waals surface area contributed by atoms with Crippen molar-refractivity contribution in [1.29, 1.82) is 0 Å². The van der Waals surface area contributed by atoms with E-state index in [1.54, 1.807) is 6.92 Å². The van der Waals surface area contributed by atoms with Gasteiger partial charge < -0.3 is 9.84 Å². The fourth-order valence-corrected chi connectivity index (χ4v) is 8.40. The van der Waals surface area contributed by atoms with Gasteiger partial charge in [-0.3, -0.25) is 4.79 Å². The Morgan fingerprint density at radius 3 is 2.56 bits per heavy atom. The Balaban J connectivity index is 1.44. The van der Waals surface area contributed by atoms with Gasteiger partial charge >= 0.3 is 5.97 Å². The number of ether oxygens (including phenoxy) is 1. The lowest BCUT2D eigenvalue weighted by molar-refractivity contribution is -0.178. The van der Waals surface area contributed by atoms with Gasteiger partial charge in [0.15, 0.2) is 0 Å². The molecule has 5 saturated carbocycles. The molecule has 25 heavy (non-hydrogen) atoms. The highest BCUT2D eigenvalue weighted by Crippen LogP contribution is 2.70. The molecule has 0 radical (unpaired) electrons. The topological polar surface area (TPSA) is 46.5 Å². The van der Waals surface area contributed by atoms with Crippen molar-refractivity contribution >= 4 is 5.97 Å². The van der Waals surface area contributed by atoms with Gasteiger partial charge in [-0.2, -0.15) is 0 Å². The summed E-state index contributed by atoms with van der Waals surface area (Å²) in [7, 11) is 0. The molecule has 3 heteroatoms. The number of carbonyl (C=O) groups excluding carboxylic acids is 1. The van der Waals surface area contributed by atoms with Crippen molar-refractivity contribution in [2.45, 2.75) is 84.3 Å². The smallest absolute Gasteiger partial charge is 0.302 e. The average molecular weight is 347 g/mol. The van der Waals surface area contributed by atoms with Crippen molar-refractivity contribution in [2.24, 2.45) is 46.3 Å². The number of carbonyl (C=O) groups is 1. The molecule has 1 N–H and O–H groups in total. The van der Waals surface area contributed by atoms with Crippen LogP contribution in [0.5, 0.6) is 0 Å². The van der Waals surface area contributed by atoms with Gasteiger partial charge in [-0.1, -0.05) is 13.8 Å². The van der Waals surface area contributed by atoms with Gasteiger partial charge in [0, 0.05) is 12.3 Å². The Morgan fingerprint density at radius 2 is 1.80 bits per heavy atom. The number of aliphatic hydroxyl groups is 1. The summed E-state index contributed by atoms with van der Waals surface area (Å²) < 4.78 is 5.75. The quantitative estimate of drug-likeness (QED) is 0.725. The second-order valence-corrected chi connectivity index (χ2v) is 10.6. The van der Waals surface area contributed by atoms with Crippen LogP contribution < -0.4 is 0 Å². The van der Waals surface area contributed by atoms with Gasteiger partial charge in [-0.05, 0) is 92.3 Å². The molecular formula is C22H34O3. The van der Waals surface area contributed by atoms with Crippen LogP contribution in [0.25, 0.3) is 0 Å². The number of hydrogen-bond acceptors (Lipinski definition) is 3. The highest BCUT2D eigenvalue weighted by Gasteiger charge is 2.66. The van der Waals surface area contributed by atoms with Crippen LogP contribution >= 0.6 is 0 Å². The van der Waals surface area contributed by atoms with E-state index in [9.17, 15) is 9.90 Å². The summed E-state index contributed by atoms with van der Waals surface area (Å²) in [6.07, 6.45) is 9.97. The highest BCUT2D eigenvalue weighted by atomic mass is 16.5. The summed E-state index contributed by atoms with van der Waals surface area (Å²) >= 11 is 0.